The lowest BCUT2D eigenvalue weighted by atomic mass is 10.1. The van der Waals surface area contributed by atoms with Crippen LogP contribution in [0.5, 0.6) is 0 Å². The van der Waals surface area contributed by atoms with Gasteiger partial charge in [-0.1, -0.05) is 23.8 Å². The predicted molar refractivity (Wildman–Crippen MR) is 86.0 cm³/mol. The summed E-state index contributed by atoms with van der Waals surface area (Å²) in [6.07, 6.45) is 0. The van der Waals surface area contributed by atoms with Gasteiger partial charge in [0, 0.05) is 31.0 Å². The number of amides is 1. The average Bonchev–Trinajstić information content (AvgIpc) is 2.72. The smallest absolute Gasteiger partial charge is 0.248 e. The Morgan fingerprint density at radius 1 is 1.10 bits per heavy atom. The van der Waals surface area contributed by atoms with Crippen molar-refractivity contribution < 1.29 is 4.79 Å². The highest BCUT2D eigenvalue weighted by atomic mass is 16.2. The summed E-state index contributed by atoms with van der Waals surface area (Å²) >= 11 is 0. The summed E-state index contributed by atoms with van der Waals surface area (Å²) in [5.74, 6) is -0.0554. The minimum atomic E-state index is -0.538. The van der Waals surface area contributed by atoms with Gasteiger partial charge in [0.05, 0.1) is 5.69 Å². The van der Waals surface area contributed by atoms with Crippen molar-refractivity contribution in [2.75, 3.05) is 23.9 Å². The molecule has 0 saturated carbocycles. The number of benzene rings is 2. The molecule has 1 aliphatic rings. The van der Waals surface area contributed by atoms with Gasteiger partial charge in [-0.3, -0.25) is 4.79 Å². The fraction of sp³-hybridized carbons (Fsp3) is 0.235. The van der Waals surface area contributed by atoms with Crippen LogP contribution in [0.1, 0.15) is 17.2 Å². The molecule has 1 unspecified atom stereocenters. The second-order valence-electron chi connectivity index (χ2n) is 5.51. The number of anilines is 3. The standard InChI is InChI=1S/C17H19N3O/c1-11-4-6-12(7-5-11)19(2)13-8-9-14-15(10-13)20(3)17(21)16(14)18/h4-10,16H,18H2,1-3H3. The van der Waals surface area contributed by atoms with E-state index in [0.29, 0.717) is 0 Å². The fourth-order valence-electron chi connectivity index (χ4n) is 2.67. The van der Waals surface area contributed by atoms with Crippen LogP contribution in [-0.4, -0.2) is 20.0 Å². The number of carbonyl (C=O) groups excluding carboxylic acids is 1. The van der Waals surface area contributed by atoms with Gasteiger partial charge in [-0.25, -0.2) is 0 Å². The molecule has 2 N–H and O–H groups in total. The first-order chi connectivity index (χ1) is 9.99. The van der Waals surface area contributed by atoms with Crippen molar-refractivity contribution in [1.82, 2.24) is 0 Å². The molecule has 108 valence electrons. The van der Waals surface area contributed by atoms with E-state index in [1.165, 1.54) is 5.56 Å². The zero-order valence-corrected chi connectivity index (χ0v) is 12.5. The Kier molecular flexibility index (Phi) is 3.18. The van der Waals surface area contributed by atoms with Crippen molar-refractivity contribution in [3.63, 3.8) is 0 Å². The third-order valence-corrected chi connectivity index (χ3v) is 4.12. The Hall–Kier alpha value is -2.33. The molecule has 1 atom stereocenters. The first-order valence-electron chi connectivity index (χ1n) is 6.96. The lowest BCUT2D eigenvalue weighted by Crippen LogP contribution is -2.27. The third-order valence-electron chi connectivity index (χ3n) is 4.12. The number of carbonyl (C=O) groups is 1. The molecule has 0 radical (unpaired) electrons. The Balaban J connectivity index is 1.98. The van der Waals surface area contributed by atoms with Crippen LogP contribution in [0.4, 0.5) is 17.1 Å². The van der Waals surface area contributed by atoms with Gasteiger partial charge in [0.15, 0.2) is 0 Å². The highest BCUT2D eigenvalue weighted by molar-refractivity contribution is 6.04. The van der Waals surface area contributed by atoms with Gasteiger partial charge >= 0.3 is 0 Å². The van der Waals surface area contributed by atoms with E-state index in [4.69, 9.17) is 5.73 Å². The number of likely N-dealkylation sites (N-methyl/N-ethyl adjacent to an activating group) is 1. The van der Waals surface area contributed by atoms with E-state index in [-0.39, 0.29) is 5.91 Å². The zero-order valence-electron chi connectivity index (χ0n) is 12.5. The summed E-state index contributed by atoms with van der Waals surface area (Å²) in [4.78, 5) is 15.7. The summed E-state index contributed by atoms with van der Waals surface area (Å²) < 4.78 is 0. The summed E-state index contributed by atoms with van der Waals surface area (Å²) in [7, 11) is 3.78. The molecule has 2 aromatic rings. The van der Waals surface area contributed by atoms with Crippen molar-refractivity contribution in [3.8, 4) is 0 Å². The lowest BCUT2D eigenvalue weighted by molar-refractivity contribution is -0.118. The number of nitrogens with two attached hydrogens (primary N) is 1. The molecule has 4 nitrogen and oxygen atoms in total. The molecule has 0 fully saturated rings. The Morgan fingerprint density at radius 2 is 1.71 bits per heavy atom. The molecule has 0 aromatic heterocycles. The summed E-state index contributed by atoms with van der Waals surface area (Å²) in [6.45, 7) is 2.07. The van der Waals surface area contributed by atoms with Crippen LogP contribution < -0.4 is 15.5 Å². The molecule has 1 heterocycles. The van der Waals surface area contributed by atoms with Crippen LogP contribution in [0.2, 0.25) is 0 Å². The van der Waals surface area contributed by atoms with Crippen LogP contribution in [0, 0.1) is 6.92 Å². The predicted octanol–water partition coefficient (Wildman–Crippen LogP) is 2.74. The van der Waals surface area contributed by atoms with E-state index in [9.17, 15) is 4.79 Å². The van der Waals surface area contributed by atoms with Gasteiger partial charge in [0.2, 0.25) is 5.91 Å². The van der Waals surface area contributed by atoms with E-state index in [1.807, 2.05) is 25.2 Å². The van der Waals surface area contributed by atoms with Crippen molar-refractivity contribution in [2.24, 2.45) is 5.73 Å². The molecule has 0 bridgehead atoms. The van der Waals surface area contributed by atoms with Crippen LogP contribution in [0.3, 0.4) is 0 Å². The number of aryl methyl sites for hydroxylation is 1. The molecule has 4 heteroatoms. The normalized spacial score (nSPS) is 17.0. The summed E-state index contributed by atoms with van der Waals surface area (Å²) in [5, 5.41) is 0. The molecule has 1 amide bonds. The van der Waals surface area contributed by atoms with E-state index in [0.717, 1.165) is 22.6 Å². The van der Waals surface area contributed by atoms with Gasteiger partial charge in [0.25, 0.3) is 0 Å². The van der Waals surface area contributed by atoms with Crippen LogP contribution in [0.25, 0.3) is 0 Å². The Morgan fingerprint density at radius 3 is 2.38 bits per heavy atom. The minimum Gasteiger partial charge on any atom is -0.345 e. The highest BCUT2D eigenvalue weighted by Crippen LogP contribution is 2.37. The minimum absolute atomic E-state index is 0.0554. The van der Waals surface area contributed by atoms with E-state index in [2.05, 4.69) is 36.1 Å². The number of hydrogen-bond acceptors (Lipinski definition) is 3. The highest BCUT2D eigenvalue weighted by Gasteiger charge is 2.32. The molecule has 0 spiro atoms. The molecular formula is C17H19N3O. The van der Waals surface area contributed by atoms with Gasteiger partial charge in [0.1, 0.15) is 6.04 Å². The number of rotatable bonds is 2. The van der Waals surface area contributed by atoms with Crippen molar-refractivity contribution in [1.29, 1.82) is 0 Å². The second kappa shape index (κ2) is 4.90. The molecule has 3 rings (SSSR count). The number of fused-ring (bicyclic) bond motifs is 1. The number of nitrogens with zero attached hydrogens (tertiary/aromatic N) is 2. The van der Waals surface area contributed by atoms with Gasteiger partial charge in [-0.2, -0.15) is 0 Å². The Bertz CT molecular complexity index is 694. The first-order valence-corrected chi connectivity index (χ1v) is 6.96. The molecule has 0 saturated heterocycles. The van der Waals surface area contributed by atoms with Crippen LogP contribution in [-0.2, 0) is 4.79 Å². The fourth-order valence-corrected chi connectivity index (χ4v) is 2.67. The third kappa shape index (κ3) is 2.17. The SMILES string of the molecule is Cc1ccc(N(C)c2ccc3c(c2)N(C)C(=O)C3N)cc1. The topological polar surface area (TPSA) is 49.6 Å². The maximum absolute atomic E-state index is 11.9. The van der Waals surface area contributed by atoms with Gasteiger partial charge < -0.3 is 15.5 Å². The zero-order chi connectivity index (χ0) is 15.1. The van der Waals surface area contributed by atoms with Gasteiger partial charge in [-0.15, -0.1) is 0 Å². The van der Waals surface area contributed by atoms with E-state index >= 15 is 0 Å². The average molecular weight is 281 g/mol. The first kappa shape index (κ1) is 13.6. The quantitative estimate of drug-likeness (QED) is 0.921. The van der Waals surface area contributed by atoms with Crippen molar-refractivity contribution in [2.45, 2.75) is 13.0 Å². The van der Waals surface area contributed by atoms with Crippen molar-refractivity contribution >= 4 is 23.0 Å². The summed E-state index contributed by atoms with van der Waals surface area (Å²) in [6, 6.07) is 13.8. The monoisotopic (exact) mass is 281 g/mol. The maximum atomic E-state index is 11.9. The Labute approximate surface area is 124 Å². The molecule has 1 aliphatic heterocycles. The molecular weight excluding hydrogens is 262 g/mol. The van der Waals surface area contributed by atoms with Crippen LogP contribution in [0.15, 0.2) is 42.5 Å². The maximum Gasteiger partial charge on any atom is 0.248 e. The van der Waals surface area contributed by atoms with Crippen LogP contribution >= 0.6 is 0 Å². The van der Waals surface area contributed by atoms with E-state index in [1.54, 1.807) is 11.9 Å². The second-order valence-corrected chi connectivity index (χ2v) is 5.51. The summed E-state index contributed by atoms with van der Waals surface area (Å²) in [5.41, 5.74) is 11.1. The van der Waals surface area contributed by atoms with Crippen molar-refractivity contribution in [3.05, 3.63) is 53.6 Å². The molecule has 2 aromatic carbocycles. The van der Waals surface area contributed by atoms with E-state index < -0.39 is 6.04 Å². The molecule has 0 aliphatic carbocycles. The lowest BCUT2D eigenvalue weighted by Gasteiger charge is -2.21. The number of hydrogen-bond donors (Lipinski definition) is 1. The largest absolute Gasteiger partial charge is 0.345 e. The van der Waals surface area contributed by atoms with Gasteiger partial charge in [-0.05, 0) is 31.2 Å². The molecule has 21 heavy (non-hydrogen) atoms.